The molecule has 110 valence electrons. The normalized spacial score (nSPS) is 14.2. The topological polar surface area (TPSA) is 35.6 Å². The van der Waals surface area contributed by atoms with E-state index in [4.69, 9.17) is 0 Å². The van der Waals surface area contributed by atoms with E-state index in [1.807, 2.05) is 21.1 Å². The van der Waals surface area contributed by atoms with E-state index in [-0.39, 0.29) is 5.91 Å². The molecular weight excluding hydrogens is 250 g/mol. The zero-order valence-corrected chi connectivity index (χ0v) is 12.7. The standard InChI is InChI=1S/C16H25N3O/c1-18(2)15-8-4-13(5-9-15)12-19(3)16(20)10-11-17-14-6-7-14/h4-5,8-9,14,17H,6-7,10-12H2,1-3H3. The molecule has 1 aromatic rings. The Bertz CT molecular complexity index is 438. The number of carbonyl (C=O) groups excluding carboxylic acids is 1. The Morgan fingerprint density at radius 3 is 2.40 bits per heavy atom. The van der Waals surface area contributed by atoms with E-state index in [9.17, 15) is 4.79 Å². The third kappa shape index (κ3) is 4.53. The maximum Gasteiger partial charge on any atom is 0.223 e. The first-order valence-electron chi connectivity index (χ1n) is 7.30. The summed E-state index contributed by atoms with van der Waals surface area (Å²) >= 11 is 0. The van der Waals surface area contributed by atoms with Gasteiger partial charge in [0, 0.05) is 52.4 Å². The molecule has 1 N–H and O–H groups in total. The first kappa shape index (κ1) is 14.9. The molecule has 0 unspecified atom stereocenters. The lowest BCUT2D eigenvalue weighted by molar-refractivity contribution is -0.130. The van der Waals surface area contributed by atoms with Crippen LogP contribution in [0.1, 0.15) is 24.8 Å². The lowest BCUT2D eigenvalue weighted by Gasteiger charge is -2.18. The Balaban J connectivity index is 1.76. The van der Waals surface area contributed by atoms with E-state index in [0.29, 0.717) is 19.0 Å². The van der Waals surface area contributed by atoms with Gasteiger partial charge in [-0.1, -0.05) is 12.1 Å². The van der Waals surface area contributed by atoms with Crippen LogP contribution in [0.5, 0.6) is 0 Å². The van der Waals surface area contributed by atoms with Crippen LogP contribution in [-0.2, 0) is 11.3 Å². The van der Waals surface area contributed by atoms with Crippen molar-refractivity contribution in [2.24, 2.45) is 0 Å². The van der Waals surface area contributed by atoms with Crippen LogP contribution in [0, 0.1) is 0 Å². The van der Waals surface area contributed by atoms with Gasteiger partial charge in [0.25, 0.3) is 0 Å². The summed E-state index contributed by atoms with van der Waals surface area (Å²) < 4.78 is 0. The van der Waals surface area contributed by atoms with Gasteiger partial charge in [-0.2, -0.15) is 0 Å². The number of nitrogens with one attached hydrogen (secondary N) is 1. The van der Waals surface area contributed by atoms with Gasteiger partial charge in [0.15, 0.2) is 0 Å². The molecule has 0 aliphatic heterocycles. The quantitative estimate of drug-likeness (QED) is 0.825. The molecule has 20 heavy (non-hydrogen) atoms. The van der Waals surface area contributed by atoms with Gasteiger partial charge in [-0.15, -0.1) is 0 Å². The van der Waals surface area contributed by atoms with Crippen molar-refractivity contribution in [1.82, 2.24) is 10.2 Å². The molecule has 1 amide bonds. The van der Waals surface area contributed by atoms with E-state index in [1.165, 1.54) is 24.1 Å². The molecule has 0 spiro atoms. The monoisotopic (exact) mass is 275 g/mol. The molecule has 1 aliphatic carbocycles. The molecule has 1 fully saturated rings. The van der Waals surface area contributed by atoms with Crippen LogP contribution in [0.15, 0.2) is 24.3 Å². The number of hydrogen-bond acceptors (Lipinski definition) is 3. The fourth-order valence-electron chi connectivity index (χ4n) is 2.12. The van der Waals surface area contributed by atoms with Crippen molar-refractivity contribution >= 4 is 11.6 Å². The van der Waals surface area contributed by atoms with Crippen LogP contribution in [0.25, 0.3) is 0 Å². The Morgan fingerprint density at radius 1 is 1.20 bits per heavy atom. The van der Waals surface area contributed by atoms with Crippen LogP contribution in [0.3, 0.4) is 0 Å². The lowest BCUT2D eigenvalue weighted by Crippen LogP contribution is -2.30. The predicted octanol–water partition coefficient (Wildman–Crippen LogP) is 1.85. The maximum absolute atomic E-state index is 12.0. The third-order valence-corrected chi connectivity index (χ3v) is 3.65. The molecule has 1 saturated carbocycles. The molecular formula is C16H25N3O. The SMILES string of the molecule is CN(Cc1ccc(N(C)C)cc1)C(=O)CCNC1CC1. The third-order valence-electron chi connectivity index (χ3n) is 3.65. The van der Waals surface area contributed by atoms with Crippen molar-refractivity contribution in [3.05, 3.63) is 29.8 Å². The number of hydrogen-bond donors (Lipinski definition) is 1. The largest absolute Gasteiger partial charge is 0.378 e. The highest BCUT2D eigenvalue weighted by molar-refractivity contribution is 5.76. The zero-order valence-electron chi connectivity index (χ0n) is 12.7. The molecule has 0 aromatic heterocycles. The summed E-state index contributed by atoms with van der Waals surface area (Å²) in [6, 6.07) is 9.01. The van der Waals surface area contributed by atoms with Gasteiger partial charge in [-0.3, -0.25) is 4.79 Å². The molecule has 4 nitrogen and oxygen atoms in total. The second kappa shape index (κ2) is 6.75. The average Bonchev–Trinajstić information content (AvgIpc) is 3.23. The lowest BCUT2D eigenvalue weighted by atomic mass is 10.2. The van der Waals surface area contributed by atoms with E-state index in [2.05, 4.69) is 34.5 Å². The van der Waals surface area contributed by atoms with Crippen molar-refractivity contribution in [1.29, 1.82) is 0 Å². The summed E-state index contributed by atoms with van der Waals surface area (Å²) in [6.45, 7) is 1.48. The van der Waals surface area contributed by atoms with Gasteiger partial charge in [-0.25, -0.2) is 0 Å². The number of benzene rings is 1. The average molecular weight is 275 g/mol. The van der Waals surface area contributed by atoms with Crippen molar-refractivity contribution in [3.63, 3.8) is 0 Å². The first-order chi connectivity index (χ1) is 9.56. The Hall–Kier alpha value is -1.55. The smallest absolute Gasteiger partial charge is 0.223 e. The number of anilines is 1. The molecule has 0 atom stereocenters. The van der Waals surface area contributed by atoms with Crippen LogP contribution < -0.4 is 10.2 Å². The van der Waals surface area contributed by atoms with Crippen LogP contribution in [-0.4, -0.2) is 44.5 Å². The molecule has 2 rings (SSSR count). The van der Waals surface area contributed by atoms with Gasteiger partial charge in [0.2, 0.25) is 5.91 Å². The van der Waals surface area contributed by atoms with Gasteiger partial charge < -0.3 is 15.1 Å². The van der Waals surface area contributed by atoms with Crippen molar-refractivity contribution < 1.29 is 4.79 Å². The summed E-state index contributed by atoms with van der Waals surface area (Å²) in [7, 11) is 5.92. The highest BCUT2D eigenvalue weighted by Crippen LogP contribution is 2.18. The van der Waals surface area contributed by atoms with Crippen molar-refractivity contribution in [2.75, 3.05) is 32.6 Å². The molecule has 1 aromatic carbocycles. The summed E-state index contributed by atoms with van der Waals surface area (Å²) in [6.07, 6.45) is 3.12. The van der Waals surface area contributed by atoms with Gasteiger partial charge in [0.05, 0.1) is 0 Å². The van der Waals surface area contributed by atoms with E-state index in [0.717, 1.165) is 6.54 Å². The molecule has 0 heterocycles. The fraction of sp³-hybridized carbons (Fsp3) is 0.562. The highest BCUT2D eigenvalue weighted by Gasteiger charge is 2.20. The summed E-state index contributed by atoms with van der Waals surface area (Å²) in [4.78, 5) is 15.9. The molecule has 0 bridgehead atoms. The minimum atomic E-state index is 0.204. The van der Waals surface area contributed by atoms with E-state index < -0.39 is 0 Å². The fourth-order valence-corrected chi connectivity index (χ4v) is 2.12. The minimum Gasteiger partial charge on any atom is -0.378 e. The highest BCUT2D eigenvalue weighted by atomic mass is 16.2. The van der Waals surface area contributed by atoms with E-state index >= 15 is 0 Å². The van der Waals surface area contributed by atoms with Crippen LogP contribution in [0.2, 0.25) is 0 Å². The number of rotatable bonds is 7. The maximum atomic E-state index is 12.0. The number of carbonyl (C=O) groups is 1. The second-order valence-electron chi connectivity index (χ2n) is 5.79. The van der Waals surface area contributed by atoms with Crippen molar-refractivity contribution in [3.8, 4) is 0 Å². The van der Waals surface area contributed by atoms with Gasteiger partial charge in [0.1, 0.15) is 0 Å². The van der Waals surface area contributed by atoms with E-state index in [1.54, 1.807) is 4.90 Å². The molecule has 4 heteroatoms. The van der Waals surface area contributed by atoms with Gasteiger partial charge in [-0.05, 0) is 30.5 Å². The summed E-state index contributed by atoms with van der Waals surface area (Å²) in [5.41, 5.74) is 2.35. The summed E-state index contributed by atoms with van der Waals surface area (Å²) in [5.74, 6) is 0.204. The summed E-state index contributed by atoms with van der Waals surface area (Å²) in [5, 5.41) is 3.37. The minimum absolute atomic E-state index is 0.204. The Morgan fingerprint density at radius 2 is 1.85 bits per heavy atom. The first-order valence-corrected chi connectivity index (χ1v) is 7.30. The van der Waals surface area contributed by atoms with Crippen LogP contribution in [0.4, 0.5) is 5.69 Å². The Labute approximate surface area is 121 Å². The number of amides is 1. The molecule has 0 radical (unpaired) electrons. The second-order valence-corrected chi connectivity index (χ2v) is 5.79. The van der Waals surface area contributed by atoms with Gasteiger partial charge >= 0.3 is 0 Å². The Kier molecular flexibility index (Phi) is 5.01. The van der Waals surface area contributed by atoms with Crippen LogP contribution >= 0.6 is 0 Å². The predicted molar refractivity (Wildman–Crippen MR) is 82.9 cm³/mol. The zero-order chi connectivity index (χ0) is 14.5. The van der Waals surface area contributed by atoms with Crippen molar-refractivity contribution in [2.45, 2.75) is 31.8 Å². The molecule has 1 aliphatic rings. The number of nitrogens with zero attached hydrogens (tertiary/aromatic N) is 2. The molecule has 0 saturated heterocycles.